The van der Waals surface area contributed by atoms with Crippen LogP contribution in [0.5, 0.6) is 0 Å². The number of hydrogen-bond donors (Lipinski definition) is 0. The van der Waals surface area contributed by atoms with E-state index in [4.69, 9.17) is 21.1 Å². The summed E-state index contributed by atoms with van der Waals surface area (Å²) in [5.41, 5.74) is -1.84. The number of sulfonamides is 1. The summed E-state index contributed by atoms with van der Waals surface area (Å²) in [4.78, 5) is 24.4. The monoisotopic (exact) mass is 403 g/mol. The highest BCUT2D eigenvalue weighted by Crippen LogP contribution is 2.44. The molecule has 0 bridgehead atoms. The highest BCUT2D eigenvalue weighted by molar-refractivity contribution is 7.89. The van der Waals surface area contributed by atoms with Gasteiger partial charge in [-0.2, -0.15) is 0 Å². The molecule has 26 heavy (non-hydrogen) atoms. The van der Waals surface area contributed by atoms with Gasteiger partial charge < -0.3 is 9.47 Å². The molecule has 1 unspecified atom stereocenters. The molecule has 1 atom stereocenters. The summed E-state index contributed by atoms with van der Waals surface area (Å²) in [6.07, 6.45) is 0.328. The molecule has 0 N–H and O–H groups in total. The Morgan fingerprint density at radius 1 is 1.42 bits per heavy atom. The van der Waals surface area contributed by atoms with Gasteiger partial charge in [-0.05, 0) is 31.5 Å². The summed E-state index contributed by atoms with van der Waals surface area (Å²) >= 11 is 6.09. The Morgan fingerprint density at radius 3 is 2.69 bits per heavy atom. The summed E-state index contributed by atoms with van der Waals surface area (Å²) in [6.45, 7) is 2.46. The van der Waals surface area contributed by atoms with Crippen LogP contribution >= 0.6 is 11.6 Å². The van der Waals surface area contributed by atoms with Gasteiger partial charge in [0.1, 0.15) is 5.82 Å². The zero-order chi connectivity index (χ0) is 19.3. The van der Waals surface area contributed by atoms with Crippen LogP contribution in [0.4, 0.5) is 4.39 Å². The molecule has 2 aliphatic heterocycles. The average molecular weight is 404 g/mol. The zero-order valence-corrected chi connectivity index (χ0v) is 15.5. The molecule has 140 valence electrons. The summed E-state index contributed by atoms with van der Waals surface area (Å²) in [7, 11) is -3.71. The Morgan fingerprint density at radius 2 is 2.12 bits per heavy atom. The summed E-state index contributed by atoms with van der Waals surface area (Å²) in [5, 5.41) is 0.0509. The van der Waals surface area contributed by atoms with E-state index in [2.05, 4.69) is 0 Å². The predicted octanol–water partition coefficient (Wildman–Crippen LogP) is 2.06. The largest absolute Gasteiger partial charge is 0.456 e. The molecule has 0 aliphatic carbocycles. The van der Waals surface area contributed by atoms with E-state index >= 15 is 0 Å². The maximum Gasteiger partial charge on any atom is 0.308 e. The first-order valence-electron chi connectivity index (χ1n) is 7.69. The number of ether oxygens (including phenoxy) is 2. The molecule has 1 fully saturated rings. The van der Waals surface area contributed by atoms with Gasteiger partial charge in [0.15, 0.2) is 0 Å². The molecule has 1 saturated heterocycles. The first-order valence-corrected chi connectivity index (χ1v) is 9.67. The number of carbonyl (C=O) groups is 2. The lowest BCUT2D eigenvalue weighted by Crippen LogP contribution is -2.33. The van der Waals surface area contributed by atoms with Crippen LogP contribution in [0.15, 0.2) is 29.8 Å². The van der Waals surface area contributed by atoms with Gasteiger partial charge in [-0.15, -0.1) is 0 Å². The van der Waals surface area contributed by atoms with E-state index in [1.807, 2.05) is 0 Å². The summed E-state index contributed by atoms with van der Waals surface area (Å²) in [6, 6.07) is 3.39. The third-order valence-electron chi connectivity index (χ3n) is 4.15. The molecule has 1 aromatic carbocycles. The second kappa shape index (κ2) is 6.24. The Labute approximate surface area is 154 Å². The van der Waals surface area contributed by atoms with E-state index in [1.54, 1.807) is 0 Å². The minimum Gasteiger partial charge on any atom is -0.456 e. The second-order valence-corrected chi connectivity index (χ2v) is 8.48. The number of rotatable bonds is 3. The number of carbonyl (C=O) groups excluding carboxylic acids is 2. The maximum atomic E-state index is 13.7. The minimum absolute atomic E-state index is 0.000383. The van der Waals surface area contributed by atoms with Gasteiger partial charge in [0, 0.05) is 24.1 Å². The molecule has 2 heterocycles. The standard InChI is InChI=1S/C16H15ClFNO6S/c1-9(20)24-13-14(21)16(2,11-8-10(18)4-5-12(11)17)25-15(13)19-6-3-7-26(19,22)23/h4-5,8H,3,6-7H2,1-2H3. The molecule has 0 radical (unpaired) electrons. The summed E-state index contributed by atoms with van der Waals surface area (Å²) in [5.74, 6) is -3.34. The minimum atomic E-state index is -3.71. The fourth-order valence-electron chi connectivity index (χ4n) is 2.91. The fourth-order valence-corrected chi connectivity index (χ4v) is 4.70. The lowest BCUT2D eigenvalue weighted by Gasteiger charge is -2.26. The van der Waals surface area contributed by atoms with Crippen LogP contribution in [0.3, 0.4) is 0 Å². The van der Waals surface area contributed by atoms with Crippen molar-refractivity contribution in [3.8, 4) is 0 Å². The second-order valence-electron chi connectivity index (χ2n) is 6.06. The van der Waals surface area contributed by atoms with Gasteiger partial charge in [0.2, 0.25) is 21.4 Å². The van der Waals surface area contributed by atoms with Crippen molar-refractivity contribution in [1.29, 1.82) is 0 Å². The van der Waals surface area contributed by atoms with Crippen LogP contribution in [0.25, 0.3) is 0 Å². The third kappa shape index (κ3) is 2.95. The van der Waals surface area contributed by atoms with E-state index in [0.717, 1.165) is 23.4 Å². The Hall–Kier alpha value is -2.13. The van der Waals surface area contributed by atoms with E-state index in [9.17, 15) is 22.4 Å². The molecular formula is C16H15ClFNO6S. The Balaban J connectivity index is 2.13. The lowest BCUT2D eigenvalue weighted by molar-refractivity contribution is -0.142. The number of nitrogens with zero attached hydrogens (tertiary/aromatic N) is 1. The van der Waals surface area contributed by atoms with Gasteiger partial charge >= 0.3 is 5.97 Å². The van der Waals surface area contributed by atoms with Gasteiger partial charge in [-0.3, -0.25) is 9.59 Å². The number of halogens is 2. The molecule has 7 nitrogen and oxygen atoms in total. The highest BCUT2D eigenvalue weighted by Gasteiger charge is 2.53. The normalized spacial score (nSPS) is 24.8. The van der Waals surface area contributed by atoms with Crippen LogP contribution in [0.2, 0.25) is 5.02 Å². The number of esters is 1. The lowest BCUT2D eigenvalue weighted by atomic mass is 9.91. The molecule has 2 aliphatic rings. The molecule has 1 aromatic rings. The number of hydrogen-bond acceptors (Lipinski definition) is 6. The van der Waals surface area contributed by atoms with Gasteiger partial charge in [-0.25, -0.2) is 17.1 Å². The van der Waals surface area contributed by atoms with Crippen molar-refractivity contribution >= 4 is 33.4 Å². The predicted molar refractivity (Wildman–Crippen MR) is 88.8 cm³/mol. The third-order valence-corrected chi connectivity index (χ3v) is 6.30. The Kier molecular flexibility index (Phi) is 4.48. The maximum absolute atomic E-state index is 13.7. The summed E-state index contributed by atoms with van der Waals surface area (Å²) < 4.78 is 49.7. The number of ketones is 1. The van der Waals surface area contributed by atoms with Crippen molar-refractivity contribution < 1.29 is 31.9 Å². The average Bonchev–Trinajstić information content (AvgIpc) is 3.01. The zero-order valence-electron chi connectivity index (χ0n) is 13.9. The molecule has 3 rings (SSSR count). The van der Waals surface area contributed by atoms with E-state index in [0.29, 0.717) is 6.42 Å². The van der Waals surface area contributed by atoms with Crippen LogP contribution in [-0.4, -0.2) is 36.8 Å². The SMILES string of the molecule is CC(=O)OC1=C(N2CCCS2(=O)=O)OC(C)(c2cc(F)ccc2Cl)C1=O. The highest BCUT2D eigenvalue weighted by atomic mass is 35.5. The van der Waals surface area contributed by atoms with Gasteiger partial charge in [0.25, 0.3) is 11.7 Å². The van der Waals surface area contributed by atoms with Crippen molar-refractivity contribution in [3.63, 3.8) is 0 Å². The first kappa shape index (κ1) is 18.7. The van der Waals surface area contributed by atoms with E-state index < -0.39 is 39.0 Å². The molecule has 10 heteroatoms. The topological polar surface area (TPSA) is 90.0 Å². The van der Waals surface area contributed by atoms with Crippen LogP contribution in [0, 0.1) is 5.82 Å². The molecule has 0 amide bonds. The van der Waals surface area contributed by atoms with Crippen LogP contribution in [0.1, 0.15) is 25.8 Å². The van der Waals surface area contributed by atoms with Crippen LogP contribution in [-0.2, 0) is 34.7 Å². The van der Waals surface area contributed by atoms with Gasteiger partial charge in [0.05, 0.1) is 5.75 Å². The van der Waals surface area contributed by atoms with Crippen molar-refractivity contribution in [1.82, 2.24) is 4.31 Å². The van der Waals surface area contributed by atoms with Crippen molar-refractivity contribution in [2.45, 2.75) is 25.9 Å². The van der Waals surface area contributed by atoms with E-state index in [1.165, 1.54) is 13.0 Å². The number of benzene rings is 1. The van der Waals surface area contributed by atoms with Crippen LogP contribution < -0.4 is 0 Å². The quantitative estimate of drug-likeness (QED) is 0.717. The van der Waals surface area contributed by atoms with Crippen molar-refractivity contribution in [2.75, 3.05) is 12.3 Å². The first-order chi connectivity index (χ1) is 12.1. The molecule has 0 spiro atoms. The fraction of sp³-hybridized carbons (Fsp3) is 0.375. The molecule has 0 saturated carbocycles. The van der Waals surface area contributed by atoms with E-state index in [-0.39, 0.29) is 28.8 Å². The Bertz CT molecular complexity index is 944. The molecule has 0 aromatic heterocycles. The van der Waals surface area contributed by atoms with Crippen molar-refractivity contribution in [3.05, 3.63) is 46.2 Å². The number of Topliss-reactive ketones (excluding diaryl/α,β-unsaturated/α-hetero) is 1. The van der Waals surface area contributed by atoms with Crippen molar-refractivity contribution in [2.24, 2.45) is 0 Å². The smallest absolute Gasteiger partial charge is 0.308 e. The molecular weight excluding hydrogens is 389 g/mol. The van der Waals surface area contributed by atoms with Gasteiger partial charge in [-0.1, -0.05) is 11.6 Å².